The van der Waals surface area contributed by atoms with E-state index in [0.29, 0.717) is 18.9 Å². The second kappa shape index (κ2) is 7.65. The predicted molar refractivity (Wildman–Crippen MR) is 59.7 cm³/mol. The number of hydrogen-bond donors (Lipinski definition) is 1. The minimum Gasteiger partial charge on any atom is -0.468 e. The molecule has 0 rings (SSSR count). The van der Waals surface area contributed by atoms with Crippen LogP contribution in [0.15, 0.2) is 0 Å². The van der Waals surface area contributed by atoms with Gasteiger partial charge in [-0.3, -0.25) is 4.79 Å². The Morgan fingerprint density at radius 1 is 1.33 bits per heavy atom. The summed E-state index contributed by atoms with van der Waals surface area (Å²) in [6, 6.07) is -0.269. The van der Waals surface area contributed by atoms with E-state index < -0.39 is 0 Å². The van der Waals surface area contributed by atoms with Crippen LogP contribution in [0, 0.1) is 5.92 Å². The summed E-state index contributed by atoms with van der Waals surface area (Å²) in [5.74, 6) is 0.259. The zero-order valence-corrected chi connectivity index (χ0v) is 10.4. The van der Waals surface area contributed by atoms with Crippen LogP contribution in [0.1, 0.15) is 27.2 Å². The Bertz CT molecular complexity index is 183. The van der Waals surface area contributed by atoms with Crippen molar-refractivity contribution in [3.8, 4) is 0 Å². The van der Waals surface area contributed by atoms with E-state index in [0.717, 1.165) is 0 Å². The van der Waals surface area contributed by atoms with Gasteiger partial charge in [0.25, 0.3) is 0 Å². The Morgan fingerprint density at radius 3 is 2.33 bits per heavy atom. The van der Waals surface area contributed by atoms with E-state index >= 15 is 0 Å². The van der Waals surface area contributed by atoms with Crippen molar-refractivity contribution in [2.45, 2.75) is 39.3 Å². The molecule has 2 atom stereocenters. The highest BCUT2D eigenvalue weighted by Gasteiger charge is 2.17. The van der Waals surface area contributed by atoms with Gasteiger partial charge in [-0.15, -0.1) is 0 Å². The molecule has 0 fully saturated rings. The van der Waals surface area contributed by atoms with Crippen LogP contribution in [-0.2, 0) is 14.3 Å². The number of nitrogens with one attached hydrogen (secondary N) is 1. The van der Waals surface area contributed by atoms with E-state index in [-0.39, 0.29) is 18.1 Å². The van der Waals surface area contributed by atoms with E-state index in [1.807, 2.05) is 6.92 Å². The van der Waals surface area contributed by atoms with Crippen molar-refractivity contribution in [3.63, 3.8) is 0 Å². The van der Waals surface area contributed by atoms with Crippen LogP contribution in [0.3, 0.4) is 0 Å². The minimum atomic E-state index is -0.269. The smallest absolute Gasteiger partial charge is 0.322 e. The number of ether oxygens (including phenoxy) is 2. The van der Waals surface area contributed by atoms with Gasteiger partial charge in [0.2, 0.25) is 0 Å². The molecule has 0 saturated heterocycles. The van der Waals surface area contributed by atoms with Gasteiger partial charge >= 0.3 is 5.97 Å². The van der Waals surface area contributed by atoms with E-state index in [9.17, 15) is 4.79 Å². The van der Waals surface area contributed by atoms with Crippen molar-refractivity contribution < 1.29 is 14.3 Å². The van der Waals surface area contributed by atoms with Crippen molar-refractivity contribution >= 4 is 5.97 Å². The number of rotatable bonds is 7. The molecule has 0 aliphatic heterocycles. The Kier molecular flexibility index (Phi) is 7.34. The van der Waals surface area contributed by atoms with Crippen LogP contribution in [0.4, 0.5) is 0 Å². The van der Waals surface area contributed by atoms with Crippen LogP contribution >= 0.6 is 0 Å². The average Bonchev–Trinajstić information content (AvgIpc) is 2.22. The molecular formula is C11H23NO3. The van der Waals surface area contributed by atoms with Crippen LogP contribution in [0.2, 0.25) is 0 Å². The highest BCUT2D eigenvalue weighted by molar-refractivity contribution is 5.75. The van der Waals surface area contributed by atoms with Crippen LogP contribution in [0.5, 0.6) is 0 Å². The van der Waals surface area contributed by atoms with E-state index in [1.54, 1.807) is 7.05 Å². The maximum Gasteiger partial charge on any atom is 0.322 e. The molecule has 0 aliphatic carbocycles. The largest absolute Gasteiger partial charge is 0.468 e. The molecule has 0 aliphatic rings. The molecule has 0 spiro atoms. The molecule has 0 aromatic heterocycles. The fourth-order valence-electron chi connectivity index (χ4n) is 1.09. The maximum absolute atomic E-state index is 11.2. The van der Waals surface area contributed by atoms with Crippen LogP contribution < -0.4 is 5.32 Å². The van der Waals surface area contributed by atoms with Gasteiger partial charge in [-0.1, -0.05) is 13.8 Å². The Morgan fingerprint density at radius 2 is 1.93 bits per heavy atom. The number of carbonyl (C=O) groups excluding carboxylic acids is 1. The first-order valence-electron chi connectivity index (χ1n) is 5.39. The second-order valence-corrected chi connectivity index (χ2v) is 3.97. The number of hydrogen-bond acceptors (Lipinski definition) is 4. The van der Waals surface area contributed by atoms with Gasteiger partial charge in [0, 0.05) is 6.61 Å². The van der Waals surface area contributed by atoms with Crippen molar-refractivity contribution in [1.82, 2.24) is 5.32 Å². The molecule has 0 aromatic carbocycles. The van der Waals surface area contributed by atoms with E-state index in [4.69, 9.17) is 4.74 Å². The highest BCUT2D eigenvalue weighted by Crippen LogP contribution is 2.06. The Hall–Kier alpha value is -0.610. The normalized spacial score (nSPS) is 15.1. The lowest BCUT2D eigenvalue weighted by Crippen LogP contribution is -2.36. The molecule has 0 amide bonds. The molecular weight excluding hydrogens is 194 g/mol. The van der Waals surface area contributed by atoms with E-state index in [2.05, 4.69) is 23.9 Å². The monoisotopic (exact) mass is 217 g/mol. The van der Waals surface area contributed by atoms with Gasteiger partial charge in [0.15, 0.2) is 0 Å². The van der Waals surface area contributed by atoms with Gasteiger partial charge < -0.3 is 14.8 Å². The summed E-state index contributed by atoms with van der Waals surface area (Å²) in [6.45, 7) is 6.83. The second-order valence-electron chi connectivity index (χ2n) is 3.97. The molecule has 1 N–H and O–H groups in total. The molecule has 0 saturated carbocycles. The molecule has 15 heavy (non-hydrogen) atoms. The van der Waals surface area contributed by atoms with Crippen molar-refractivity contribution in [1.29, 1.82) is 0 Å². The van der Waals surface area contributed by atoms with Crippen molar-refractivity contribution in [3.05, 3.63) is 0 Å². The number of likely N-dealkylation sites (N-methyl/N-ethyl adjacent to an activating group) is 1. The van der Waals surface area contributed by atoms with Gasteiger partial charge in [-0.25, -0.2) is 0 Å². The van der Waals surface area contributed by atoms with E-state index in [1.165, 1.54) is 7.11 Å². The lowest BCUT2D eigenvalue weighted by molar-refractivity contribution is -0.143. The first-order valence-corrected chi connectivity index (χ1v) is 5.39. The zero-order valence-electron chi connectivity index (χ0n) is 10.4. The minimum absolute atomic E-state index is 0.222. The zero-order chi connectivity index (χ0) is 11.8. The fourth-order valence-corrected chi connectivity index (χ4v) is 1.09. The number of esters is 1. The third kappa shape index (κ3) is 5.74. The lowest BCUT2D eigenvalue weighted by atomic mass is 10.1. The van der Waals surface area contributed by atoms with Gasteiger partial charge in [-0.05, 0) is 26.3 Å². The summed E-state index contributed by atoms with van der Waals surface area (Å²) in [5, 5.41) is 2.90. The third-order valence-corrected chi connectivity index (χ3v) is 2.56. The van der Waals surface area contributed by atoms with Gasteiger partial charge in [-0.2, -0.15) is 0 Å². The molecule has 4 nitrogen and oxygen atoms in total. The molecule has 0 heterocycles. The number of methoxy groups -OCH3 is 1. The fraction of sp³-hybridized carbons (Fsp3) is 0.909. The lowest BCUT2D eigenvalue weighted by Gasteiger charge is -2.18. The SMILES string of the molecule is CNC(CCOC(C)C(C)C)C(=O)OC. The summed E-state index contributed by atoms with van der Waals surface area (Å²) in [5.41, 5.74) is 0. The molecule has 2 unspecified atom stereocenters. The quantitative estimate of drug-likeness (QED) is 0.651. The molecule has 90 valence electrons. The molecule has 0 aromatic rings. The molecule has 0 radical (unpaired) electrons. The van der Waals surface area contributed by atoms with Gasteiger partial charge in [0.05, 0.1) is 13.2 Å². The van der Waals surface area contributed by atoms with Crippen LogP contribution in [-0.4, -0.2) is 38.9 Å². The first-order chi connectivity index (χ1) is 7.02. The van der Waals surface area contributed by atoms with Crippen molar-refractivity contribution in [2.24, 2.45) is 5.92 Å². The average molecular weight is 217 g/mol. The molecule has 4 heteroatoms. The predicted octanol–water partition coefficient (Wildman–Crippen LogP) is 1.20. The third-order valence-electron chi connectivity index (χ3n) is 2.56. The van der Waals surface area contributed by atoms with Gasteiger partial charge in [0.1, 0.15) is 6.04 Å². The summed E-state index contributed by atoms with van der Waals surface area (Å²) in [4.78, 5) is 11.2. The summed E-state index contributed by atoms with van der Waals surface area (Å²) < 4.78 is 10.2. The Labute approximate surface area is 92.3 Å². The topological polar surface area (TPSA) is 47.6 Å². The summed E-state index contributed by atoms with van der Waals surface area (Å²) >= 11 is 0. The van der Waals surface area contributed by atoms with Crippen LogP contribution in [0.25, 0.3) is 0 Å². The first kappa shape index (κ1) is 14.4. The standard InChI is InChI=1S/C11H23NO3/c1-8(2)9(3)15-7-6-10(12-4)11(13)14-5/h8-10,12H,6-7H2,1-5H3. The maximum atomic E-state index is 11.2. The summed E-state index contributed by atoms with van der Waals surface area (Å²) in [7, 11) is 3.14. The molecule has 0 bridgehead atoms. The van der Waals surface area contributed by atoms with Crippen molar-refractivity contribution in [2.75, 3.05) is 20.8 Å². The summed E-state index contributed by atoms with van der Waals surface area (Å²) in [6.07, 6.45) is 0.861. The Balaban J connectivity index is 3.77. The highest BCUT2D eigenvalue weighted by atomic mass is 16.5. The number of carbonyl (C=O) groups is 1.